The molecule has 2 amide bonds. The van der Waals surface area contributed by atoms with Crippen molar-refractivity contribution in [2.45, 2.75) is 19.4 Å². The van der Waals surface area contributed by atoms with Crippen molar-refractivity contribution in [3.63, 3.8) is 0 Å². The number of nitrogens with zero attached hydrogens (tertiary/aromatic N) is 2. The molecule has 4 rings (SSSR count). The molecule has 1 saturated carbocycles. The smallest absolute Gasteiger partial charge is 0.414 e. The lowest BCUT2D eigenvalue weighted by Gasteiger charge is -2.22. The van der Waals surface area contributed by atoms with E-state index >= 15 is 0 Å². The van der Waals surface area contributed by atoms with Crippen LogP contribution in [0.15, 0.2) is 18.2 Å². The number of fused-ring (bicyclic) bond motifs is 1. The minimum atomic E-state index is -0.514. The van der Waals surface area contributed by atoms with Crippen LogP contribution in [-0.2, 0) is 19.1 Å². The first kappa shape index (κ1) is 19.9. The summed E-state index contributed by atoms with van der Waals surface area (Å²) in [6.45, 7) is 4.18. The Kier molecular flexibility index (Phi) is 6.01. The predicted molar refractivity (Wildman–Crippen MR) is 99.6 cm³/mol. The van der Waals surface area contributed by atoms with Gasteiger partial charge in [0.05, 0.1) is 31.6 Å². The normalized spacial score (nSPS) is 24.7. The van der Waals surface area contributed by atoms with Crippen LogP contribution in [0, 0.1) is 17.7 Å². The molecule has 3 aliphatic rings. The Balaban J connectivity index is 0.000000516. The molecule has 1 aliphatic carbocycles. The van der Waals surface area contributed by atoms with Gasteiger partial charge in [0.2, 0.25) is 5.91 Å². The Morgan fingerprint density at radius 2 is 2.04 bits per heavy atom. The van der Waals surface area contributed by atoms with E-state index in [1.54, 1.807) is 12.1 Å². The van der Waals surface area contributed by atoms with Crippen LogP contribution in [0.25, 0.3) is 0 Å². The topological polar surface area (TPSA) is 88.2 Å². The molecule has 1 N–H and O–H groups in total. The van der Waals surface area contributed by atoms with E-state index in [4.69, 9.17) is 9.53 Å². The fourth-order valence-corrected chi connectivity index (χ4v) is 3.61. The van der Waals surface area contributed by atoms with E-state index < -0.39 is 12.2 Å². The number of halogens is 1. The van der Waals surface area contributed by atoms with E-state index in [-0.39, 0.29) is 18.3 Å². The number of hydrogen-bond acceptors (Lipinski definition) is 6. The van der Waals surface area contributed by atoms with E-state index in [0.29, 0.717) is 24.4 Å². The van der Waals surface area contributed by atoms with Crippen molar-refractivity contribution in [2.75, 3.05) is 43.1 Å². The van der Waals surface area contributed by atoms with Gasteiger partial charge in [-0.25, -0.2) is 9.18 Å². The summed E-state index contributed by atoms with van der Waals surface area (Å²) in [5.74, 6) is 0.967. The Morgan fingerprint density at radius 3 is 2.61 bits per heavy atom. The maximum absolute atomic E-state index is 14.5. The number of ether oxygens (including phenoxy) is 2. The van der Waals surface area contributed by atoms with E-state index in [1.807, 2.05) is 0 Å². The molecule has 0 aromatic heterocycles. The number of methoxy groups -OCH3 is 1. The Labute approximate surface area is 162 Å². The van der Waals surface area contributed by atoms with Gasteiger partial charge in [0.25, 0.3) is 6.47 Å². The van der Waals surface area contributed by atoms with Crippen molar-refractivity contribution in [2.24, 2.45) is 11.8 Å². The molecule has 8 nitrogen and oxygen atoms in total. The average Bonchev–Trinajstić information content (AvgIpc) is 3.10. The molecule has 2 heterocycles. The van der Waals surface area contributed by atoms with Gasteiger partial charge in [-0.2, -0.15) is 0 Å². The van der Waals surface area contributed by atoms with Crippen molar-refractivity contribution in [3.8, 4) is 0 Å². The summed E-state index contributed by atoms with van der Waals surface area (Å²) in [5.41, 5.74) is 1.09. The molecule has 0 radical (unpaired) electrons. The lowest BCUT2D eigenvalue weighted by molar-refractivity contribution is -0.126. The van der Waals surface area contributed by atoms with Crippen LogP contribution in [0.4, 0.5) is 20.6 Å². The third-order valence-corrected chi connectivity index (χ3v) is 5.11. The molecule has 3 fully saturated rings. The number of nitrogens with one attached hydrogen (secondary N) is 1. The second-order valence-electron chi connectivity index (χ2n) is 7.18. The largest absolute Gasteiger partial charge is 0.471 e. The van der Waals surface area contributed by atoms with Crippen molar-refractivity contribution in [1.29, 1.82) is 0 Å². The quantitative estimate of drug-likeness (QED) is 0.764. The number of anilines is 2. The third kappa shape index (κ3) is 4.52. The highest BCUT2D eigenvalue weighted by atomic mass is 19.1. The Bertz CT molecular complexity index is 749. The number of amides is 2. The van der Waals surface area contributed by atoms with Gasteiger partial charge in [0, 0.05) is 20.0 Å². The number of hydrogen-bond donors (Lipinski definition) is 1. The van der Waals surface area contributed by atoms with Crippen LogP contribution in [-0.4, -0.2) is 57.9 Å². The highest BCUT2D eigenvalue weighted by Gasteiger charge is 2.45. The van der Waals surface area contributed by atoms with Crippen molar-refractivity contribution < 1.29 is 28.2 Å². The number of carbonyl (C=O) groups is 3. The van der Waals surface area contributed by atoms with Crippen LogP contribution in [0.5, 0.6) is 0 Å². The molecule has 3 atom stereocenters. The predicted octanol–water partition coefficient (Wildman–Crippen LogP) is 1.53. The maximum Gasteiger partial charge on any atom is 0.414 e. The molecule has 28 heavy (non-hydrogen) atoms. The standard InChI is InChI=1S/C17H20FN3O3.C2H4O2/c1-10(22)19-6-14-9-21(17(23)24-14)13-2-3-16(15(18)5-13)20-7-11-4-12(11)8-20;1-4-2-3/h2-3,5,11-12,14H,4,6-9H2,1H3,(H,19,22);2H,1H3/t11-,12?,14?;/m0./s1. The first-order valence-corrected chi connectivity index (χ1v) is 9.16. The molecule has 0 bridgehead atoms. The SMILES string of the molecule is CC(=O)NCC1CN(c2ccc(N3CC4C[C@H]4C3)c(F)c2)C(=O)O1.COC=O. The first-order valence-electron chi connectivity index (χ1n) is 9.16. The highest BCUT2D eigenvalue weighted by molar-refractivity contribution is 5.90. The highest BCUT2D eigenvalue weighted by Crippen LogP contribution is 2.46. The lowest BCUT2D eigenvalue weighted by atomic mass is 10.2. The maximum atomic E-state index is 14.5. The second-order valence-corrected chi connectivity index (χ2v) is 7.18. The summed E-state index contributed by atoms with van der Waals surface area (Å²) in [5, 5.41) is 2.62. The summed E-state index contributed by atoms with van der Waals surface area (Å²) in [4.78, 5) is 35.4. The summed E-state index contributed by atoms with van der Waals surface area (Å²) in [7, 11) is 1.31. The number of cyclic esters (lactones) is 1. The molecular formula is C19H24FN3O5. The van der Waals surface area contributed by atoms with Gasteiger partial charge in [-0.15, -0.1) is 0 Å². The second kappa shape index (κ2) is 8.45. The Morgan fingerprint density at radius 1 is 1.36 bits per heavy atom. The summed E-state index contributed by atoms with van der Waals surface area (Å²) >= 11 is 0. The zero-order valence-corrected chi connectivity index (χ0v) is 15.9. The number of rotatable bonds is 5. The van der Waals surface area contributed by atoms with E-state index in [0.717, 1.165) is 24.9 Å². The van der Waals surface area contributed by atoms with Crippen LogP contribution >= 0.6 is 0 Å². The molecule has 9 heteroatoms. The van der Waals surface area contributed by atoms with E-state index in [2.05, 4.69) is 15.0 Å². The minimum Gasteiger partial charge on any atom is -0.471 e. The molecular weight excluding hydrogens is 369 g/mol. The number of benzene rings is 1. The van der Waals surface area contributed by atoms with Crippen molar-refractivity contribution >= 4 is 29.8 Å². The molecule has 152 valence electrons. The van der Waals surface area contributed by atoms with E-state index in [1.165, 1.54) is 31.4 Å². The van der Waals surface area contributed by atoms with Crippen LogP contribution in [0.3, 0.4) is 0 Å². The molecule has 0 spiro atoms. The zero-order chi connectivity index (χ0) is 20.3. The van der Waals surface area contributed by atoms with Crippen molar-refractivity contribution in [3.05, 3.63) is 24.0 Å². The summed E-state index contributed by atoms with van der Waals surface area (Å²) in [6, 6.07) is 4.88. The van der Waals surface area contributed by atoms with Gasteiger partial charge in [-0.1, -0.05) is 0 Å². The van der Waals surface area contributed by atoms with Crippen LogP contribution in [0.2, 0.25) is 0 Å². The zero-order valence-electron chi connectivity index (χ0n) is 15.9. The first-order chi connectivity index (χ1) is 13.4. The minimum absolute atomic E-state index is 0.177. The third-order valence-electron chi connectivity index (χ3n) is 5.11. The van der Waals surface area contributed by atoms with Gasteiger partial charge >= 0.3 is 6.09 Å². The van der Waals surface area contributed by atoms with Gasteiger partial charge in [-0.3, -0.25) is 14.5 Å². The Hall–Kier alpha value is -2.84. The summed E-state index contributed by atoms with van der Waals surface area (Å²) < 4.78 is 23.6. The van der Waals surface area contributed by atoms with Gasteiger partial charge < -0.3 is 19.7 Å². The van der Waals surface area contributed by atoms with Gasteiger partial charge in [0.15, 0.2) is 0 Å². The molecule has 2 aliphatic heterocycles. The number of piperidine rings is 1. The molecule has 1 aromatic rings. The lowest BCUT2D eigenvalue weighted by Crippen LogP contribution is -2.33. The van der Waals surface area contributed by atoms with Gasteiger partial charge in [-0.05, 0) is 36.5 Å². The van der Waals surface area contributed by atoms with E-state index in [9.17, 15) is 14.0 Å². The van der Waals surface area contributed by atoms with Crippen LogP contribution < -0.4 is 15.1 Å². The van der Waals surface area contributed by atoms with Crippen LogP contribution in [0.1, 0.15) is 13.3 Å². The fourth-order valence-electron chi connectivity index (χ4n) is 3.61. The van der Waals surface area contributed by atoms with Gasteiger partial charge in [0.1, 0.15) is 11.9 Å². The number of carbonyl (C=O) groups excluding carboxylic acids is 3. The van der Waals surface area contributed by atoms with Crippen molar-refractivity contribution in [1.82, 2.24) is 5.32 Å². The average molecular weight is 393 g/mol. The molecule has 1 aromatic carbocycles. The monoisotopic (exact) mass is 393 g/mol. The molecule has 2 unspecified atom stereocenters. The summed E-state index contributed by atoms with van der Waals surface area (Å²) in [6.07, 6.45) is 0.334. The fraction of sp³-hybridized carbons (Fsp3) is 0.526. The molecule has 2 saturated heterocycles.